The van der Waals surface area contributed by atoms with E-state index in [2.05, 4.69) is 20.8 Å². The number of rotatable bonds is 2. The van der Waals surface area contributed by atoms with Crippen molar-refractivity contribution < 1.29 is 0 Å². The van der Waals surface area contributed by atoms with Crippen LogP contribution < -0.4 is 5.73 Å². The van der Waals surface area contributed by atoms with Gasteiger partial charge in [-0.25, -0.2) is 0 Å². The van der Waals surface area contributed by atoms with Crippen LogP contribution in [-0.2, 0) is 0 Å². The Morgan fingerprint density at radius 2 is 1.75 bits per heavy atom. The van der Waals surface area contributed by atoms with Gasteiger partial charge in [0.25, 0.3) is 0 Å². The lowest BCUT2D eigenvalue weighted by Crippen LogP contribution is -2.45. The van der Waals surface area contributed by atoms with Crippen molar-refractivity contribution in [1.82, 2.24) is 0 Å². The third kappa shape index (κ3) is 2.01. The predicted octanol–water partition coefficient (Wildman–Crippen LogP) is 3.08. The zero-order valence-electron chi connectivity index (χ0n) is 8.82. The van der Waals surface area contributed by atoms with Crippen LogP contribution in [0.15, 0.2) is 0 Å². The van der Waals surface area contributed by atoms with Gasteiger partial charge in [0, 0.05) is 5.54 Å². The molecule has 1 rings (SSSR count). The molecule has 1 aliphatic carbocycles. The molecule has 1 unspecified atom stereocenters. The first-order chi connectivity index (χ1) is 5.54. The zero-order valence-corrected chi connectivity index (χ0v) is 8.82. The largest absolute Gasteiger partial charge is 0.325 e. The fraction of sp³-hybridized carbons (Fsp3) is 1.00. The van der Waals surface area contributed by atoms with Gasteiger partial charge in [0.1, 0.15) is 0 Å². The Balaban J connectivity index is 2.65. The van der Waals surface area contributed by atoms with Crippen molar-refractivity contribution in [2.24, 2.45) is 11.1 Å². The maximum absolute atomic E-state index is 6.20. The van der Waals surface area contributed by atoms with Crippen molar-refractivity contribution in [2.75, 3.05) is 0 Å². The highest BCUT2D eigenvalue weighted by molar-refractivity contribution is 4.93. The Morgan fingerprint density at radius 1 is 1.17 bits per heavy atom. The van der Waals surface area contributed by atoms with Crippen LogP contribution >= 0.6 is 0 Å². The van der Waals surface area contributed by atoms with Crippen LogP contribution in [-0.4, -0.2) is 5.54 Å². The molecule has 72 valence electrons. The van der Waals surface area contributed by atoms with Crippen LogP contribution in [0.4, 0.5) is 0 Å². The van der Waals surface area contributed by atoms with E-state index in [1.807, 2.05) is 0 Å². The van der Waals surface area contributed by atoms with Gasteiger partial charge >= 0.3 is 0 Å². The Labute approximate surface area is 76.7 Å². The van der Waals surface area contributed by atoms with E-state index in [1.54, 1.807) is 0 Å². The average Bonchev–Trinajstić information content (AvgIpc) is 2.02. The fourth-order valence-corrected chi connectivity index (χ4v) is 2.75. The van der Waals surface area contributed by atoms with Gasteiger partial charge in [0.15, 0.2) is 0 Å². The monoisotopic (exact) mass is 169 g/mol. The molecule has 0 bridgehead atoms. The fourth-order valence-electron chi connectivity index (χ4n) is 2.75. The molecule has 0 aromatic rings. The van der Waals surface area contributed by atoms with Crippen LogP contribution in [0.2, 0.25) is 0 Å². The molecule has 1 heteroatoms. The van der Waals surface area contributed by atoms with Gasteiger partial charge in [-0.1, -0.05) is 33.1 Å². The molecule has 0 spiro atoms. The highest BCUT2D eigenvalue weighted by Crippen LogP contribution is 2.44. The number of hydrogen-bond donors (Lipinski definition) is 1. The Morgan fingerprint density at radius 3 is 2.08 bits per heavy atom. The molecule has 0 aromatic carbocycles. The van der Waals surface area contributed by atoms with Gasteiger partial charge in [-0.15, -0.1) is 0 Å². The zero-order chi connectivity index (χ0) is 9.24. The van der Waals surface area contributed by atoms with Gasteiger partial charge < -0.3 is 5.73 Å². The minimum atomic E-state index is 0.115. The van der Waals surface area contributed by atoms with Gasteiger partial charge in [0.2, 0.25) is 0 Å². The summed E-state index contributed by atoms with van der Waals surface area (Å²) < 4.78 is 0. The van der Waals surface area contributed by atoms with Crippen molar-refractivity contribution in [3.05, 3.63) is 0 Å². The Bertz CT molecular complexity index is 145. The van der Waals surface area contributed by atoms with Crippen molar-refractivity contribution in [2.45, 2.75) is 64.8 Å². The van der Waals surface area contributed by atoms with Crippen LogP contribution in [0.25, 0.3) is 0 Å². The second kappa shape index (κ2) is 3.37. The van der Waals surface area contributed by atoms with E-state index in [1.165, 1.54) is 38.5 Å². The SMILES string of the molecule is CCC1(CC)CCCC(C)(N)C1. The summed E-state index contributed by atoms with van der Waals surface area (Å²) >= 11 is 0. The molecule has 1 atom stereocenters. The third-order valence-electron chi connectivity index (χ3n) is 3.73. The molecule has 0 heterocycles. The molecule has 2 N–H and O–H groups in total. The van der Waals surface area contributed by atoms with Crippen LogP contribution in [0.1, 0.15) is 59.3 Å². The molecule has 1 saturated carbocycles. The van der Waals surface area contributed by atoms with Crippen molar-refractivity contribution in [3.63, 3.8) is 0 Å². The lowest BCUT2D eigenvalue weighted by Gasteiger charge is -2.44. The van der Waals surface area contributed by atoms with Crippen molar-refractivity contribution in [3.8, 4) is 0 Å². The summed E-state index contributed by atoms with van der Waals surface area (Å²) in [5.41, 5.74) is 6.89. The summed E-state index contributed by atoms with van der Waals surface area (Å²) in [4.78, 5) is 0. The molecule has 0 radical (unpaired) electrons. The van der Waals surface area contributed by atoms with E-state index in [-0.39, 0.29) is 5.54 Å². The van der Waals surface area contributed by atoms with E-state index < -0.39 is 0 Å². The standard InChI is InChI=1S/C11H23N/c1-4-11(5-2)8-6-7-10(3,12)9-11/h4-9,12H2,1-3H3. The maximum Gasteiger partial charge on any atom is 0.0131 e. The van der Waals surface area contributed by atoms with Gasteiger partial charge in [-0.05, 0) is 31.6 Å². The number of hydrogen-bond acceptors (Lipinski definition) is 1. The summed E-state index contributed by atoms with van der Waals surface area (Å²) in [6, 6.07) is 0. The van der Waals surface area contributed by atoms with Gasteiger partial charge in [0.05, 0.1) is 0 Å². The Hall–Kier alpha value is -0.0400. The molecule has 1 fully saturated rings. The van der Waals surface area contributed by atoms with E-state index in [4.69, 9.17) is 5.73 Å². The predicted molar refractivity (Wildman–Crippen MR) is 54.1 cm³/mol. The summed E-state index contributed by atoms with van der Waals surface area (Å²) in [6.07, 6.45) is 7.77. The van der Waals surface area contributed by atoms with E-state index >= 15 is 0 Å². The lowest BCUT2D eigenvalue weighted by molar-refractivity contribution is 0.114. The van der Waals surface area contributed by atoms with Gasteiger partial charge in [-0.2, -0.15) is 0 Å². The quantitative estimate of drug-likeness (QED) is 0.675. The highest BCUT2D eigenvalue weighted by atomic mass is 14.7. The Kier molecular flexibility index (Phi) is 2.82. The van der Waals surface area contributed by atoms with Crippen LogP contribution in [0.3, 0.4) is 0 Å². The van der Waals surface area contributed by atoms with Crippen molar-refractivity contribution in [1.29, 1.82) is 0 Å². The second-order valence-corrected chi connectivity index (χ2v) is 4.89. The molecule has 0 aromatic heterocycles. The highest BCUT2D eigenvalue weighted by Gasteiger charge is 2.37. The van der Waals surface area contributed by atoms with E-state index in [0.29, 0.717) is 5.41 Å². The molecule has 1 aliphatic rings. The second-order valence-electron chi connectivity index (χ2n) is 4.89. The van der Waals surface area contributed by atoms with Gasteiger partial charge in [-0.3, -0.25) is 0 Å². The first-order valence-electron chi connectivity index (χ1n) is 5.32. The summed E-state index contributed by atoms with van der Waals surface area (Å²) in [5, 5.41) is 0. The maximum atomic E-state index is 6.20. The lowest BCUT2D eigenvalue weighted by atomic mass is 9.64. The van der Waals surface area contributed by atoms with Crippen LogP contribution in [0.5, 0.6) is 0 Å². The summed E-state index contributed by atoms with van der Waals surface area (Å²) in [6.45, 7) is 6.84. The summed E-state index contributed by atoms with van der Waals surface area (Å²) in [7, 11) is 0. The van der Waals surface area contributed by atoms with Crippen LogP contribution in [0, 0.1) is 5.41 Å². The number of nitrogens with two attached hydrogens (primary N) is 1. The van der Waals surface area contributed by atoms with E-state index in [9.17, 15) is 0 Å². The molecule has 1 nitrogen and oxygen atoms in total. The molecular formula is C11H23N. The topological polar surface area (TPSA) is 26.0 Å². The molecule has 0 saturated heterocycles. The molecule has 12 heavy (non-hydrogen) atoms. The average molecular weight is 169 g/mol. The third-order valence-corrected chi connectivity index (χ3v) is 3.73. The smallest absolute Gasteiger partial charge is 0.0131 e. The summed E-state index contributed by atoms with van der Waals surface area (Å²) in [5.74, 6) is 0. The normalized spacial score (nSPS) is 35.0. The molecule has 0 amide bonds. The van der Waals surface area contributed by atoms with E-state index in [0.717, 1.165) is 0 Å². The first-order valence-corrected chi connectivity index (χ1v) is 5.32. The van der Waals surface area contributed by atoms with Crippen molar-refractivity contribution >= 4 is 0 Å². The molecular weight excluding hydrogens is 146 g/mol. The molecule has 0 aliphatic heterocycles. The first kappa shape index (κ1) is 10.0. The minimum absolute atomic E-state index is 0.115. The minimum Gasteiger partial charge on any atom is -0.325 e.